The first-order chi connectivity index (χ1) is 16.7. The van der Waals surface area contributed by atoms with Crippen molar-refractivity contribution in [1.82, 2.24) is 10.6 Å². The summed E-state index contributed by atoms with van der Waals surface area (Å²) in [5, 5.41) is 35.2. The number of hydrogen-bond acceptors (Lipinski definition) is 8. The molecule has 0 heterocycles. The van der Waals surface area contributed by atoms with Crippen LogP contribution in [0.3, 0.4) is 0 Å². The molecule has 0 saturated heterocycles. The monoisotopic (exact) mass is 505 g/mol. The number of amides is 2. The number of urea groups is 1. The molecule has 35 heavy (non-hydrogen) atoms. The molecule has 2 amide bonds. The van der Waals surface area contributed by atoms with Crippen LogP contribution in [-0.4, -0.2) is 97.5 Å². The molecule has 0 rings (SSSR count). The molecule has 0 aliphatic heterocycles. The summed E-state index contributed by atoms with van der Waals surface area (Å²) in [6, 6.07) is -0.579. The predicted molar refractivity (Wildman–Crippen MR) is 121 cm³/mol. The normalized spacial score (nSPS) is 10.9. The lowest BCUT2D eigenvalue weighted by Gasteiger charge is -2.34. The van der Waals surface area contributed by atoms with E-state index < -0.39 is 29.5 Å². The van der Waals surface area contributed by atoms with E-state index in [-0.39, 0.29) is 58.9 Å². The third-order valence-corrected chi connectivity index (χ3v) is 4.43. The van der Waals surface area contributed by atoms with Crippen molar-refractivity contribution in [2.24, 2.45) is 5.11 Å². The van der Waals surface area contributed by atoms with Gasteiger partial charge in [0.15, 0.2) is 0 Å². The van der Waals surface area contributed by atoms with Gasteiger partial charge in [0.05, 0.1) is 58.9 Å². The molecule has 0 atom stereocenters. The van der Waals surface area contributed by atoms with Crippen molar-refractivity contribution < 1.29 is 48.7 Å². The number of unbranched alkanes of at least 4 members (excludes halogenated alkanes) is 3. The van der Waals surface area contributed by atoms with Crippen LogP contribution in [-0.2, 0) is 28.6 Å². The van der Waals surface area contributed by atoms with Gasteiger partial charge in [-0.05, 0) is 18.4 Å². The average molecular weight is 506 g/mol. The van der Waals surface area contributed by atoms with E-state index in [4.69, 9.17) is 35.1 Å². The van der Waals surface area contributed by atoms with Gasteiger partial charge in [0.25, 0.3) is 0 Å². The van der Waals surface area contributed by atoms with Gasteiger partial charge in [0.1, 0.15) is 5.54 Å². The summed E-state index contributed by atoms with van der Waals surface area (Å²) in [6.45, 7) is -0.336. The summed E-state index contributed by atoms with van der Waals surface area (Å²) < 4.78 is 16.2. The van der Waals surface area contributed by atoms with Gasteiger partial charge in [0.2, 0.25) is 0 Å². The van der Waals surface area contributed by atoms with E-state index in [2.05, 4.69) is 20.7 Å². The van der Waals surface area contributed by atoms with Crippen LogP contribution in [0.4, 0.5) is 4.79 Å². The van der Waals surface area contributed by atoms with E-state index in [0.29, 0.717) is 19.5 Å². The molecule has 0 spiro atoms. The molecule has 0 saturated carbocycles. The van der Waals surface area contributed by atoms with Crippen LogP contribution in [0.25, 0.3) is 10.4 Å². The molecule has 0 aromatic rings. The molecule has 0 aromatic carbocycles. The molecule has 0 aliphatic carbocycles. The maximum Gasteiger partial charge on any atom is 0.315 e. The molecule has 15 nitrogen and oxygen atoms in total. The number of hydrogen-bond donors (Lipinski definition) is 5. The summed E-state index contributed by atoms with van der Waals surface area (Å²) in [6.07, 6.45) is 2.23. The van der Waals surface area contributed by atoms with E-state index in [9.17, 15) is 19.2 Å². The largest absolute Gasteiger partial charge is 0.481 e. The second-order valence-electron chi connectivity index (χ2n) is 7.62. The smallest absolute Gasteiger partial charge is 0.315 e. The Labute approximate surface area is 202 Å². The first-order valence-corrected chi connectivity index (χ1v) is 11.2. The Balaban J connectivity index is 4.99. The number of azide groups is 1. The number of carboxylic acid groups (broad SMARTS) is 3. The fourth-order valence-electron chi connectivity index (χ4n) is 2.71. The number of rotatable bonds is 23. The molecule has 5 N–H and O–H groups in total. The third kappa shape index (κ3) is 20.0. The Morgan fingerprint density at radius 1 is 0.771 bits per heavy atom. The minimum Gasteiger partial charge on any atom is -0.481 e. The van der Waals surface area contributed by atoms with Crippen molar-refractivity contribution >= 4 is 23.9 Å². The van der Waals surface area contributed by atoms with E-state index in [1.165, 1.54) is 0 Å². The summed E-state index contributed by atoms with van der Waals surface area (Å²) in [7, 11) is 0. The maximum atomic E-state index is 12.5. The first kappa shape index (κ1) is 31.9. The van der Waals surface area contributed by atoms with Crippen molar-refractivity contribution in [1.29, 1.82) is 0 Å². The molecular formula is C20H35N5O10. The van der Waals surface area contributed by atoms with E-state index >= 15 is 0 Å². The van der Waals surface area contributed by atoms with Crippen molar-refractivity contribution in [2.75, 3.05) is 52.7 Å². The Kier molecular flexibility index (Phi) is 18.4. The highest BCUT2D eigenvalue weighted by Gasteiger charge is 2.34. The zero-order valence-corrected chi connectivity index (χ0v) is 19.6. The van der Waals surface area contributed by atoms with Gasteiger partial charge in [-0.25, -0.2) is 4.79 Å². The fraction of sp³-hybridized carbons (Fsp3) is 0.800. The van der Waals surface area contributed by atoms with Gasteiger partial charge < -0.3 is 40.2 Å². The third-order valence-electron chi connectivity index (χ3n) is 4.43. The van der Waals surface area contributed by atoms with Crippen molar-refractivity contribution in [2.45, 2.75) is 50.5 Å². The lowest BCUT2D eigenvalue weighted by Crippen LogP contribution is -2.61. The highest BCUT2D eigenvalue weighted by molar-refractivity contribution is 5.74. The van der Waals surface area contributed by atoms with Gasteiger partial charge in [-0.3, -0.25) is 14.4 Å². The van der Waals surface area contributed by atoms with Crippen LogP contribution in [0.15, 0.2) is 5.11 Å². The Hall–Kier alpha value is -3.13. The zero-order valence-electron chi connectivity index (χ0n) is 19.6. The maximum absolute atomic E-state index is 12.5. The second kappa shape index (κ2) is 20.3. The fourth-order valence-corrected chi connectivity index (χ4v) is 2.71. The van der Waals surface area contributed by atoms with Crippen LogP contribution in [0.5, 0.6) is 0 Å². The van der Waals surface area contributed by atoms with Crippen LogP contribution < -0.4 is 10.6 Å². The SMILES string of the molecule is [N-]=[N+]=NCCCCCCNC(=O)NC(COCCC(=O)O)(COCCC(=O)O)COCCC(=O)O. The van der Waals surface area contributed by atoms with Crippen LogP contribution in [0.2, 0.25) is 0 Å². The first-order valence-electron chi connectivity index (χ1n) is 11.2. The topological polar surface area (TPSA) is 229 Å². The summed E-state index contributed by atoms with van der Waals surface area (Å²) in [4.78, 5) is 47.5. The van der Waals surface area contributed by atoms with E-state index in [1.807, 2.05) is 0 Å². The lowest BCUT2D eigenvalue weighted by atomic mass is 10.0. The number of nitrogens with one attached hydrogen (secondary N) is 2. The van der Waals surface area contributed by atoms with Gasteiger partial charge in [0, 0.05) is 18.0 Å². The van der Waals surface area contributed by atoms with Gasteiger partial charge in [-0.1, -0.05) is 18.0 Å². The average Bonchev–Trinajstić information content (AvgIpc) is 2.78. The standard InChI is InChI=1S/C20H35N5O10/c21-25-23-9-4-2-1-3-8-22-19(32)24-20(13-33-10-5-16(26)27,14-34-11-6-17(28)29)15-35-12-7-18(30)31/h1-15H2,(H,26,27)(H,28,29)(H,30,31)(H2,22,24,32). The van der Waals surface area contributed by atoms with Crippen LogP contribution in [0.1, 0.15) is 44.9 Å². The summed E-state index contributed by atoms with van der Waals surface area (Å²) in [5.41, 5.74) is 6.91. The molecule has 15 heteroatoms. The molecule has 0 aromatic heterocycles. The Bertz CT molecular complexity index is 645. The number of nitrogens with zero attached hydrogens (tertiary/aromatic N) is 3. The van der Waals surface area contributed by atoms with Crippen molar-refractivity contribution in [3.63, 3.8) is 0 Å². The number of carbonyl (C=O) groups excluding carboxylic acids is 1. The molecule has 0 radical (unpaired) electrons. The lowest BCUT2D eigenvalue weighted by molar-refractivity contribution is -0.139. The Morgan fingerprint density at radius 2 is 1.23 bits per heavy atom. The number of carbonyl (C=O) groups is 4. The molecule has 0 bridgehead atoms. The highest BCUT2D eigenvalue weighted by atomic mass is 16.5. The van der Waals surface area contributed by atoms with Gasteiger partial charge in [-0.15, -0.1) is 0 Å². The molecule has 200 valence electrons. The van der Waals surface area contributed by atoms with E-state index in [0.717, 1.165) is 19.3 Å². The minimum atomic E-state index is -1.32. The van der Waals surface area contributed by atoms with Crippen molar-refractivity contribution in [3.8, 4) is 0 Å². The minimum absolute atomic E-state index is 0.152. The van der Waals surface area contributed by atoms with Gasteiger partial charge >= 0.3 is 23.9 Å². The number of aliphatic carboxylic acids is 3. The molecule has 0 aliphatic rings. The Morgan fingerprint density at radius 3 is 1.66 bits per heavy atom. The summed E-state index contributed by atoms with van der Waals surface area (Å²) >= 11 is 0. The quantitative estimate of drug-likeness (QED) is 0.0579. The molecule has 0 fully saturated rings. The van der Waals surface area contributed by atoms with Crippen LogP contribution in [0, 0.1) is 0 Å². The summed E-state index contributed by atoms with van der Waals surface area (Å²) in [5.74, 6) is -3.22. The molecule has 0 unspecified atom stereocenters. The number of ether oxygens (including phenoxy) is 3. The van der Waals surface area contributed by atoms with Gasteiger partial charge in [-0.2, -0.15) is 0 Å². The molecular weight excluding hydrogens is 470 g/mol. The predicted octanol–water partition coefficient (Wildman–Crippen LogP) is 1.37. The van der Waals surface area contributed by atoms with Crippen LogP contribution >= 0.6 is 0 Å². The van der Waals surface area contributed by atoms with Crippen molar-refractivity contribution in [3.05, 3.63) is 10.4 Å². The highest BCUT2D eigenvalue weighted by Crippen LogP contribution is 2.11. The van der Waals surface area contributed by atoms with E-state index in [1.54, 1.807) is 0 Å². The number of carboxylic acids is 3. The zero-order chi connectivity index (χ0) is 26.4. The second-order valence-corrected chi connectivity index (χ2v) is 7.62.